The van der Waals surface area contributed by atoms with Gasteiger partial charge in [-0.3, -0.25) is 14.6 Å². The molecule has 1 aliphatic carbocycles. The van der Waals surface area contributed by atoms with Gasteiger partial charge in [0.25, 0.3) is 0 Å². The first-order chi connectivity index (χ1) is 18.5. The van der Waals surface area contributed by atoms with Crippen LogP contribution in [0.1, 0.15) is 76.6 Å². The number of hydrogen-bond donors (Lipinski definition) is 2. The van der Waals surface area contributed by atoms with Crippen molar-refractivity contribution in [3.05, 3.63) is 42.7 Å². The molecule has 8 heteroatoms. The number of benzene rings is 1. The highest BCUT2D eigenvalue weighted by Crippen LogP contribution is 2.58. The van der Waals surface area contributed by atoms with Crippen LogP contribution in [-0.2, 0) is 9.59 Å². The number of unbranched alkanes of at least 4 members (excludes halogenated alkanes) is 2. The summed E-state index contributed by atoms with van der Waals surface area (Å²) in [7, 11) is 1.64. The highest BCUT2D eigenvalue weighted by atomic mass is 16.5. The van der Waals surface area contributed by atoms with Gasteiger partial charge in [-0.15, -0.1) is 0 Å². The van der Waals surface area contributed by atoms with Crippen molar-refractivity contribution in [1.82, 2.24) is 20.6 Å². The number of nitrogens with one attached hydrogen (secondary N) is 2. The van der Waals surface area contributed by atoms with E-state index in [0.717, 1.165) is 68.0 Å². The third kappa shape index (κ3) is 5.75. The summed E-state index contributed by atoms with van der Waals surface area (Å²) in [6.07, 6.45) is 13.0. The zero-order chi connectivity index (χ0) is 26.5. The van der Waals surface area contributed by atoms with Crippen molar-refractivity contribution < 1.29 is 18.7 Å². The number of ether oxygens (including phenoxy) is 1. The van der Waals surface area contributed by atoms with Gasteiger partial charge in [-0.25, -0.2) is 4.98 Å². The molecular formula is C30H38N4O4. The predicted molar refractivity (Wildman–Crippen MR) is 146 cm³/mol. The molecule has 2 aliphatic rings. The number of carbonyl (C=O) groups is 2. The Morgan fingerprint density at radius 3 is 2.82 bits per heavy atom. The smallest absolute Gasteiger partial charge is 0.224 e. The van der Waals surface area contributed by atoms with Crippen molar-refractivity contribution in [3.63, 3.8) is 0 Å². The second-order valence-electron chi connectivity index (χ2n) is 10.8. The number of rotatable bonds is 12. The monoisotopic (exact) mass is 518 g/mol. The van der Waals surface area contributed by atoms with Gasteiger partial charge in [-0.1, -0.05) is 19.8 Å². The number of ketones is 1. The highest BCUT2D eigenvalue weighted by Gasteiger charge is 2.57. The fourth-order valence-electron chi connectivity index (χ4n) is 5.80. The molecule has 0 bridgehead atoms. The minimum atomic E-state index is -0.312. The summed E-state index contributed by atoms with van der Waals surface area (Å²) in [6, 6.07) is 5.60. The maximum Gasteiger partial charge on any atom is 0.224 e. The van der Waals surface area contributed by atoms with E-state index in [1.54, 1.807) is 25.7 Å². The van der Waals surface area contributed by atoms with Crippen LogP contribution in [-0.4, -0.2) is 41.9 Å². The number of oxazole rings is 1. The van der Waals surface area contributed by atoms with E-state index < -0.39 is 0 Å². The number of aromatic nitrogens is 2. The summed E-state index contributed by atoms with van der Waals surface area (Å²) in [5.74, 6) is 2.26. The van der Waals surface area contributed by atoms with Crippen LogP contribution in [0.15, 0.2) is 41.2 Å². The fraction of sp³-hybridized carbons (Fsp3) is 0.533. The van der Waals surface area contributed by atoms with Crippen molar-refractivity contribution in [1.29, 1.82) is 0 Å². The Bertz CT molecular complexity index is 1280. The van der Waals surface area contributed by atoms with E-state index in [0.29, 0.717) is 42.4 Å². The molecule has 2 atom stereocenters. The van der Waals surface area contributed by atoms with Crippen molar-refractivity contribution in [3.8, 4) is 17.1 Å². The van der Waals surface area contributed by atoms with Crippen LogP contribution in [0.3, 0.4) is 0 Å². The van der Waals surface area contributed by atoms with Crippen LogP contribution in [0.25, 0.3) is 22.1 Å². The minimum absolute atomic E-state index is 0.0675. The molecule has 1 spiro atoms. The lowest BCUT2D eigenvalue weighted by Crippen LogP contribution is -2.35. The van der Waals surface area contributed by atoms with Crippen LogP contribution < -0.4 is 15.4 Å². The number of fused-ring (bicyclic) bond motifs is 1. The van der Waals surface area contributed by atoms with Crippen LogP contribution >= 0.6 is 0 Å². The first-order valence-corrected chi connectivity index (χ1v) is 13.9. The number of hydrogen-bond acceptors (Lipinski definition) is 7. The van der Waals surface area contributed by atoms with Gasteiger partial charge >= 0.3 is 0 Å². The second-order valence-corrected chi connectivity index (χ2v) is 10.8. The zero-order valence-electron chi connectivity index (χ0n) is 22.4. The van der Waals surface area contributed by atoms with Gasteiger partial charge in [-0.05, 0) is 74.2 Å². The van der Waals surface area contributed by atoms with E-state index in [9.17, 15) is 9.59 Å². The SMILES string of the molecule is CCC(=O)CCCCC[C@H](NC(=O)C1CC12CCNCC2)c1ncc(-c2cc3ccncc3cc2OC)o1. The Labute approximate surface area is 223 Å². The number of Topliss-reactive ketones (excluding diaryl/α,β-unsaturated/α-hetero) is 1. The molecule has 1 aliphatic heterocycles. The summed E-state index contributed by atoms with van der Waals surface area (Å²) in [5, 5.41) is 8.69. The molecule has 1 unspecified atom stereocenters. The number of pyridine rings is 1. The molecule has 5 rings (SSSR count). The lowest BCUT2D eigenvalue weighted by Gasteiger charge is -2.24. The largest absolute Gasteiger partial charge is 0.496 e. The van der Waals surface area contributed by atoms with Crippen LogP contribution in [0, 0.1) is 11.3 Å². The zero-order valence-corrected chi connectivity index (χ0v) is 22.4. The molecule has 1 saturated heterocycles. The van der Waals surface area contributed by atoms with Crippen molar-refractivity contribution in [2.24, 2.45) is 11.3 Å². The van der Waals surface area contributed by atoms with Gasteiger partial charge < -0.3 is 19.8 Å². The number of methoxy groups -OCH3 is 1. The molecule has 2 fully saturated rings. The molecule has 2 N–H and O–H groups in total. The van der Waals surface area contributed by atoms with Crippen LogP contribution in [0.4, 0.5) is 0 Å². The summed E-state index contributed by atoms with van der Waals surface area (Å²) in [4.78, 5) is 33.8. The third-order valence-electron chi connectivity index (χ3n) is 8.31. The Kier molecular flexibility index (Phi) is 8.07. The number of amides is 1. The normalized spacial score (nSPS) is 18.8. The molecule has 202 valence electrons. The molecule has 8 nitrogen and oxygen atoms in total. The van der Waals surface area contributed by atoms with Crippen LogP contribution in [0.5, 0.6) is 5.75 Å². The Balaban J connectivity index is 1.33. The summed E-state index contributed by atoms with van der Waals surface area (Å²) in [6.45, 7) is 3.87. The lowest BCUT2D eigenvalue weighted by atomic mass is 9.91. The standard InChI is InChI=1S/C30H38N4O4/c1-3-22(35)7-5-4-6-8-25(34-28(36)24-17-30(24)10-13-31-14-11-30)29-33-19-27(38-29)23-15-20-9-12-32-18-21(20)16-26(23)37-2/h9,12,15-16,18-19,24-25,31H,3-8,10-11,13-14,17H2,1-2H3,(H,34,36)/t24?,25-/m0/s1. The van der Waals surface area contributed by atoms with Gasteiger partial charge in [0.2, 0.25) is 11.8 Å². The molecule has 1 aromatic carbocycles. The van der Waals surface area contributed by atoms with E-state index in [2.05, 4.69) is 20.6 Å². The first kappa shape index (κ1) is 26.4. The topological polar surface area (TPSA) is 106 Å². The van der Waals surface area contributed by atoms with Crippen molar-refractivity contribution in [2.45, 2.75) is 70.8 Å². The van der Waals surface area contributed by atoms with E-state index in [1.807, 2.05) is 25.1 Å². The van der Waals surface area contributed by atoms with Gasteiger partial charge in [0.05, 0.1) is 18.9 Å². The van der Waals surface area contributed by atoms with E-state index in [-0.39, 0.29) is 23.3 Å². The second kappa shape index (κ2) is 11.6. The van der Waals surface area contributed by atoms with Crippen LogP contribution in [0.2, 0.25) is 0 Å². The van der Waals surface area contributed by atoms with Gasteiger partial charge in [-0.2, -0.15) is 0 Å². The molecule has 3 aromatic rings. The predicted octanol–water partition coefficient (Wildman–Crippen LogP) is 5.38. The quantitative estimate of drug-likeness (QED) is 0.310. The number of carbonyl (C=O) groups excluding carboxylic acids is 2. The summed E-state index contributed by atoms with van der Waals surface area (Å²) in [5.41, 5.74) is 0.971. The molecular weight excluding hydrogens is 480 g/mol. The van der Waals surface area contributed by atoms with E-state index in [1.165, 1.54) is 0 Å². The summed E-state index contributed by atoms with van der Waals surface area (Å²) >= 11 is 0. The fourth-order valence-corrected chi connectivity index (χ4v) is 5.80. The number of nitrogens with zero attached hydrogens (tertiary/aromatic N) is 2. The Morgan fingerprint density at radius 2 is 2.03 bits per heavy atom. The molecule has 38 heavy (non-hydrogen) atoms. The van der Waals surface area contributed by atoms with Gasteiger partial charge in [0, 0.05) is 36.5 Å². The first-order valence-electron chi connectivity index (χ1n) is 13.9. The average molecular weight is 519 g/mol. The van der Waals surface area contributed by atoms with E-state index >= 15 is 0 Å². The number of piperidine rings is 1. The van der Waals surface area contributed by atoms with Gasteiger partial charge in [0.15, 0.2) is 5.76 Å². The third-order valence-corrected chi connectivity index (χ3v) is 8.31. The molecule has 2 aromatic heterocycles. The van der Waals surface area contributed by atoms with Gasteiger partial charge in [0.1, 0.15) is 17.6 Å². The van der Waals surface area contributed by atoms with Crippen molar-refractivity contribution in [2.75, 3.05) is 20.2 Å². The lowest BCUT2D eigenvalue weighted by molar-refractivity contribution is -0.124. The Morgan fingerprint density at radius 1 is 1.18 bits per heavy atom. The maximum absolute atomic E-state index is 13.3. The molecule has 1 amide bonds. The molecule has 0 radical (unpaired) electrons. The molecule has 1 saturated carbocycles. The highest BCUT2D eigenvalue weighted by molar-refractivity contribution is 5.89. The summed E-state index contributed by atoms with van der Waals surface area (Å²) < 4.78 is 11.9. The average Bonchev–Trinajstić information content (AvgIpc) is 3.40. The van der Waals surface area contributed by atoms with E-state index in [4.69, 9.17) is 9.15 Å². The minimum Gasteiger partial charge on any atom is -0.496 e. The molecule has 3 heterocycles. The van der Waals surface area contributed by atoms with Crippen molar-refractivity contribution >= 4 is 22.5 Å². The maximum atomic E-state index is 13.3. The Hall–Kier alpha value is -3.26.